The van der Waals surface area contributed by atoms with Crippen LogP contribution in [0.5, 0.6) is 0 Å². The molecule has 1 saturated carbocycles. The van der Waals surface area contributed by atoms with Gasteiger partial charge in [0.1, 0.15) is 5.60 Å². The minimum Gasteiger partial charge on any atom is -0.460 e. The molecular formula is C16H29NO3. The lowest BCUT2D eigenvalue weighted by molar-refractivity contribution is -0.156. The van der Waals surface area contributed by atoms with E-state index in [1.807, 2.05) is 32.6 Å². The molecule has 0 aromatic heterocycles. The van der Waals surface area contributed by atoms with Crippen molar-refractivity contribution in [2.45, 2.75) is 84.3 Å². The van der Waals surface area contributed by atoms with Gasteiger partial charge in [0.05, 0.1) is 6.42 Å². The fraction of sp³-hybridized carbons (Fsp3) is 0.875. The number of hydrogen-bond donors (Lipinski definition) is 0. The van der Waals surface area contributed by atoms with Crippen molar-refractivity contribution in [2.75, 3.05) is 6.54 Å². The Hall–Kier alpha value is -1.06. The quantitative estimate of drug-likeness (QED) is 0.727. The fourth-order valence-electron chi connectivity index (χ4n) is 2.78. The first-order valence-corrected chi connectivity index (χ1v) is 7.85. The van der Waals surface area contributed by atoms with E-state index in [1.165, 1.54) is 19.3 Å². The van der Waals surface area contributed by atoms with Crippen LogP contribution >= 0.6 is 0 Å². The first kappa shape index (κ1) is 17.0. The summed E-state index contributed by atoms with van der Waals surface area (Å²) in [7, 11) is 0. The zero-order chi connectivity index (χ0) is 15.2. The predicted molar refractivity (Wildman–Crippen MR) is 79.3 cm³/mol. The fourth-order valence-corrected chi connectivity index (χ4v) is 2.78. The second-order valence-electron chi connectivity index (χ2n) is 6.56. The highest BCUT2D eigenvalue weighted by molar-refractivity contribution is 5.81. The largest absolute Gasteiger partial charge is 0.460 e. The standard InChI is InChI=1S/C16H29NO3/c1-5-17(13-9-7-6-8-10-13)14(18)11-12-15(19)20-16(2,3)4/h13H,5-12H2,1-4H3. The maximum atomic E-state index is 12.3. The van der Waals surface area contributed by atoms with Gasteiger partial charge in [0.2, 0.25) is 5.91 Å². The van der Waals surface area contributed by atoms with Gasteiger partial charge < -0.3 is 9.64 Å². The summed E-state index contributed by atoms with van der Waals surface area (Å²) in [5.74, 6) is -0.198. The molecule has 4 heteroatoms. The Morgan fingerprint density at radius 3 is 2.20 bits per heavy atom. The number of carbonyl (C=O) groups excluding carboxylic acids is 2. The zero-order valence-corrected chi connectivity index (χ0v) is 13.4. The molecule has 1 aliphatic carbocycles. The molecule has 0 spiro atoms. The Balaban J connectivity index is 2.41. The number of esters is 1. The molecule has 0 aromatic rings. The van der Waals surface area contributed by atoms with E-state index in [0.717, 1.165) is 19.4 Å². The van der Waals surface area contributed by atoms with Crippen LogP contribution < -0.4 is 0 Å². The van der Waals surface area contributed by atoms with Crippen molar-refractivity contribution in [2.24, 2.45) is 0 Å². The van der Waals surface area contributed by atoms with Crippen molar-refractivity contribution in [3.8, 4) is 0 Å². The summed E-state index contributed by atoms with van der Waals surface area (Å²) in [4.78, 5) is 25.9. The van der Waals surface area contributed by atoms with E-state index in [-0.39, 0.29) is 24.7 Å². The van der Waals surface area contributed by atoms with Gasteiger partial charge in [0.15, 0.2) is 0 Å². The molecule has 0 aromatic carbocycles. The number of amides is 1. The first-order valence-electron chi connectivity index (χ1n) is 7.85. The van der Waals surface area contributed by atoms with Crippen molar-refractivity contribution in [1.29, 1.82) is 0 Å². The molecule has 0 N–H and O–H groups in total. The van der Waals surface area contributed by atoms with Crippen LogP contribution in [-0.2, 0) is 14.3 Å². The normalized spacial score (nSPS) is 16.8. The highest BCUT2D eigenvalue weighted by Crippen LogP contribution is 2.23. The lowest BCUT2D eigenvalue weighted by Gasteiger charge is -2.33. The Kier molecular flexibility index (Phi) is 6.50. The molecule has 116 valence electrons. The van der Waals surface area contributed by atoms with Gasteiger partial charge >= 0.3 is 5.97 Å². The molecule has 0 unspecified atom stereocenters. The third kappa shape index (κ3) is 5.93. The third-order valence-electron chi connectivity index (χ3n) is 3.64. The average Bonchev–Trinajstić information content (AvgIpc) is 2.36. The van der Waals surface area contributed by atoms with Gasteiger partial charge in [-0.25, -0.2) is 0 Å². The molecule has 1 rings (SSSR count). The molecule has 4 nitrogen and oxygen atoms in total. The highest BCUT2D eigenvalue weighted by Gasteiger charge is 2.25. The van der Waals surface area contributed by atoms with Crippen LogP contribution in [0.3, 0.4) is 0 Å². The lowest BCUT2D eigenvalue weighted by Crippen LogP contribution is -2.41. The molecule has 0 aliphatic heterocycles. The van der Waals surface area contributed by atoms with Crippen molar-refractivity contribution in [3.05, 3.63) is 0 Å². The topological polar surface area (TPSA) is 46.6 Å². The molecule has 0 radical (unpaired) electrons. The zero-order valence-electron chi connectivity index (χ0n) is 13.4. The number of carbonyl (C=O) groups is 2. The van der Waals surface area contributed by atoms with Gasteiger partial charge in [-0.15, -0.1) is 0 Å². The van der Waals surface area contributed by atoms with E-state index in [4.69, 9.17) is 4.74 Å². The van der Waals surface area contributed by atoms with Gasteiger partial charge in [0, 0.05) is 19.0 Å². The minimum absolute atomic E-state index is 0.0882. The number of rotatable bonds is 5. The van der Waals surface area contributed by atoms with E-state index >= 15 is 0 Å². The van der Waals surface area contributed by atoms with Crippen molar-refractivity contribution in [3.63, 3.8) is 0 Å². The lowest BCUT2D eigenvalue weighted by atomic mass is 9.94. The predicted octanol–water partition coefficient (Wildman–Crippen LogP) is 3.29. The third-order valence-corrected chi connectivity index (χ3v) is 3.64. The van der Waals surface area contributed by atoms with E-state index in [1.54, 1.807) is 0 Å². The Bertz CT molecular complexity index is 327. The number of hydrogen-bond acceptors (Lipinski definition) is 3. The van der Waals surface area contributed by atoms with Crippen LogP contribution in [0.25, 0.3) is 0 Å². The van der Waals surface area contributed by atoms with Gasteiger partial charge in [-0.05, 0) is 40.5 Å². The van der Waals surface area contributed by atoms with Crippen LogP contribution in [0.15, 0.2) is 0 Å². The van der Waals surface area contributed by atoms with E-state index < -0.39 is 5.60 Å². The van der Waals surface area contributed by atoms with Gasteiger partial charge in [-0.3, -0.25) is 9.59 Å². The van der Waals surface area contributed by atoms with Crippen molar-refractivity contribution < 1.29 is 14.3 Å². The molecule has 0 heterocycles. The summed E-state index contributed by atoms with van der Waals surface area (Å²) >= 11 is 0. The Morgan fingerprint density at radius 1 is 1.10 bits per heavy atom. The van der Waals surface area contributed by atoms with E-state index in [0.29, 0.717) is 6.04 Å². The van der Waals surface area contributed by atoms with Crippen molar-refractivity contribution >= 4 is 11.9 Å². The van der Waals surface area contributed by atoms with E-state index in [2.05, 4.69) is 0 Å². The molecule has 1 fully saturated rings. The Labute approximate surface area is 122 Å². The van der Waals surface area contributed by atoms with E-state index in [9.17, 15) is 9.59 Å². The molecule has 0 bridgehead atoms. The van der Waals surface area contributed by atoms with Gasteiger partial charge in [-0.1, -0.05) is 19.3 Å². The van der Waals surface area contributed by atoms with Gasteiger partial charge in [0.25, 0.3) is 0 Å². The second kappa shape index (κ2) is 7.65. The molecule has 1 amide bonds. The molecule has 0 saturated heterocycles. The first-order chi connectivity index (χ1) is 9.33. The van der Waals surface area contributed by atoms with Crippen molar-refractivity contribution in [1.82, 2.24) is 4.90 Å². The van der Waals surface area contributed by atoms with Crippen LogP contribution in [-0.4, -0.2) is 35.0 Å². The smallest absolute Gasteiger partial charge is 0.306 e. The second-order valence-corrected chi connectivity index (χ2v) is 6.56. The summed E-state index contributed by atoms with van der Waals surface area (Å²) in [6.07, 6.45) is 6.35. The van der Waals surface area contributed by atoms with Crippen LogP contribution in [0.4, 0.5) is 0 Å². The summed E-state index contributed by atoms with van der Waals surface area (Å²) < 4.78 is 5.24. The number of ether oxygens (including phenoxy) is 1. The summed E-state index contributed by atoms with van der Waals surface area (Å²) in [5.41, 5.74) is -0.478. The van der Waals surface area contributed by atoms with Crippen LogP contribution in [0.2, 0.25) is 0 Å². The minimum atomic E-state index is -0.478. The Morgan fingerprint density at radius 2 is 1.70 bits per heavy atom. The molecule has 1 aliphatic rings. The summed E-state index contributed by atoms with van der Waals surface area (Å²) in [6, 6.07) is 0.375. The van der Waals surface area contributed by atoms with Gasteiger partial charge in [-0.2, -0.15) is 0 Å². The monoisotopic (exact) mass is 283 g/mol. The molecular weight excluding hydrogens is 254 g/mol. The summed E-state index contributed by atoms with van der Waals surface area (Å²) in [5, 5.41) is 0. The van der Waals surface area contributed by atoms with Crippen LogP contribution in [0, 0.1) is 0 Å². The maximum absolute atomic E-state index is 12.3. The maximum Gasteiger partial charge on any atom is 0.306 e. The highest BCUT2D eigenvalue weighted by atomic mass is 16.6. The number of nitrogens with zero attached hydrogens (tertiary/aromatic N) is 1. The SMILES string of the molecule is CCN(C(=O)CCC(=O)OC(C)(C)C)C1CCCCC1. The van der Waals surface area contributed by atoms with Crippen LogP contribution in [0.1, 0.15) is 72.6 Å². The average molecular weight is 283 g/mol. The summed E-state index contributed by atoms with van der Waals surface area (Å²) in [6.45, 7) is 8.27. The molecule has 20 heavy (non-hydrogen) atoms. The molecule has 0 atom stereocenters.